The van der Waals surface area contributed by atoms with E-state index in [1.165, 1.54) is 18.4 Å². The third kappa shape index (κ3) is 3.17. The third-order valence-electron chi connectivity index (χ3n) is 2.11. The summed E-state index contributed by atoms with van der Waals surface area (Å²) in [5.41, 5.74) is -0.382. The molecule has 4 heteroatoms. The lowest BCUT2D eigenvalue weighted by molar-refractivity contribution is -0.139. The van der Waals surface area contributed by atoms with Crippen LogP contribution in [0.5, 0.6) is 0 Å². The maximum absolute atomic E-state index is 11.9. The second-order valence-corrected chi connectivity index (χ2v) is 5.77. The minimum Gasteiger partial charge on any atom is -0.469 e. The summed E-state index contributed by atoms with van der Waals surface area (Å²) < 4.78 is 4.57. The Bertz CT molecular complexity index is 399. The van der Waals surface area contributed by atoms with Crippen molar-refractivity contribution in [2.75, 3.05) is 7.11 Å². The van der Waals surface area contributed by atoms with Crippen molar-refractivity contribution in [3.05, 3.63) is 21.9 Å². The number of methoxy groups -OCH3 is 1. The molecule has 16 heavy (non-hydrogen) atoms. The summed E-state index contributed by atoms with van der Waals surface area (Å²) in [6.07, 6.45) is 0.235. The van der Waals surface area contributed by atoms with Gasteiger partial charge in [0.15, 0.2) is 5.78 Å². The van der Waals surface area contributed by atoms with Crippen molar-refractivity contribution >= 4 is 23.1 Å². The highest BCUT2D eigenvalue weighted by Gasteiger charge is 2.24. The molecule has 0 fully saturated rings. The van der Waals surface area contributed by atoms with Crippen LogP contribution in [-0.2, 0) is 16.0 Å². The van der Waals surface area contributed by atoms with E-state index in [-0.39, 0.29) is 23.6 Å². The Kier molecular flexibility index (Phi) is 3.86. The molecule has 0 unspecified atom stereocenters. The van der Waals surface area contributed by atoms with Crippen molar-refractivity contribution in [1.29, 1.82) is 0 Å². The number of rotatable bonds is 3. The molecule has 1 aromatic heterocycles. The molecule has 0 aliphatic rings. The van der Waals surface area contributed by atoms with Crippen molar-refractivity contribution in [2.45, 2.75) is 27.2 Å². The lowest BCUT2D eigenvalue weighted by Crippen LogP contribution is -2.18. The average molecular weight is 240 g/mol. The molecule has 0 saturated carbocycles. The summed E-state index contributed by atoms with van der Waals surface area (Å²) in [5.74, 6) is -0.176. The number of esters is 1. The minimum atomic E-state index is -0.382. The van der Waals surface area contributed by atoms with Crippen LogP contribution in [0.3, 0.4) is 0 Å². The number of thiophene rings is 1. The summed E-state index contributed by atoms with van der Waals surface area (Å²) in [6.45, 7) is 5.65. The Labute approximate surface area is 99.4 Å². The van der Waals surface area contributed by atoms with Crippen LogP contribution in [0, 0.1) is 5.41 Å². The first-order chi connectivity index (χ1) is 7.34. The third-order valence-corrected chi connectivity index (χ3v) is 3.20. The fraction of sp³-hybridized carbons (Fsp3) is 0.500. The molecule has 0 N–H and O–H groups in total. The smallest absolute Gasteiger partial charge is 0.310 e. The highest BCUT2D eigenvalue weighted by Crippen LogP contribution is 2.26. The summed E-state index contributed by atoms with van der Waals surface area (Å²) in [4.78, 5) is 24.5. The Hall–Kier alpha value is -1.16. The van der Waals surface area contributed by atoms with Crippen molar-refractivity contribution in [3.8, 4) is 0 Å². The SMILES string of the molecule is COC(=O)Cc1ccc(C(=O)C(C)(C)C)s1. The summed E-state index contributed by atoms with van der Waals surface area (Å²) >= 11 is 1.36. The number of carbonyl (C=O) groups is 2. The zero-order valence-electron chi connectivity index (χ0n) is 9.99. The van der Waals surface area contributed by atoms with Crippen molar-refractivity contribution in [3.63, 3.8) is 0 Å². The van der Waals surface area contributed by atoms with Crippen molar-refractivity contribution in [2.24, 2.45) is 5.41 Å². The van der Waals surface area contributed by atoms with E-state index in [0.717, 1.165) is 4.88 Å². The van der Waals surface area contributed by atoms with Gasteiger partial charge in [-0.2, -0.15) is 0 Å². The molecule has 0 aliphatic carbocycles. The zero-order chi connectivity index (χ0) is 12.3. The molecular formula is C12H16O3S. The molecule has 0 radical (unpaired) electrons. The van der Waals surface area contributed by atoms with Gasteiger partial charge in [-0.15, -0.1) is 11.3 Å². The number of Topliss-reactive ketones (excluding diaryl/α,β-unsaturated/α-hetero) is 1. The highest BCUT2D eigenvalue weighted by molar-refractivity contribution is 7.14. The van der Waals surface area contributed by atoms with Gasteiger partial charge in [-0.25, -0.2) is 0 Å². The predicted octanol–water partition coefficient (Wildman–Crippen LogP) is 2.69. The molecule has 1 rings (SSSR count). The van der Waals surface area contributed by atoms with Gasteiger partial charge < -0.3 is 4.74 Å². The first kappa shape index (κ1) is 12.9. The Balaban J connectivity index is 2.80. The van der Waals surface area contributed by atoms with E-state index in [4.69, 9.17) is 0 Å². The molecule has 1 heterocycles. The van der Waals surface area contributed by atoms with Crippen molar-refractivity contribution in [1.82, 2.24) is 0 Å². The van der Waals surface area contributed by atoms with E-state index < -0.39 is 0 Å². The monoisotopic (exact) mass is 240 g/mol. The molecule has 0 aromatic carbocycles. The number of ether oxygens (including phenoxy) is 1. The molecule has 0 spiro atoms. The van der Waals surface area contributed by atoms with E-state index in [9.17, 15) is 9.59 Å². The van der Waals surface area contributed by atoms with Gasteiger partial charge in [0.2, 0.25) is 0 Å². The van der Waals surface area contributed by atoms with Crippen LogP contribution in [0.4, 0.5) is 0 Å². The van der Waals surface area contributed by atoms with Crippen LogP contribution in [0.2, 0.25) is 0 Å². The maximum atomic E-state index is 11.9. The molecule has 0 saturated heterocycles. The van der Waals surface area contributed by atoms with E-state index >= 15 is 0 Å². The molecule has 1 aromatic rings. The Morgan fingerprint density at radius 3 is 2.44 bits per heavy atom. The van der Waals surface area contributed by atoms with Gasteiger partial charge in [-0.1, -0.05) is 20.8 Å². The fourth-order valence-corrected chi connectivity index (χ4v) is 2.32. The molecule has 0 bridgehead atoms. The van der Waals surface area contributed by atoms with Gasteiger partial charge in [0.1, 0.15) is 0 Å². The van der Waals surface area contributed by atoms with E-state index in [1.807, 2.05) is 20.8 Å². The number of hydrogen-bond donors (Lipinski definition) is 0. The lowest BCUT2D eigenvalue weighted by Gasteiger charge is -2.14. The molecular weight excluding hydrogens is 224 g/mol. The normalized spacial score (nSPS) is 11.2. The second kappa shape index (κ2) is 4.78. The fourth-order valence-electron chi connectivity index (χ4n) is 1.18. The van der Waals surface area contributed by atoms with E-state index in [1.54, 1.807) is 12.1 Å². The highest BCUT2D eigenvalue weighted by atomic mass is 32.1. The van der Waals surface area contributed by atoms with Crippen LogP contribution in [-0.4, -0.2) is 18.9 Å². The van der Waals surface area contributed by atoms with Gasteiger partial charge in [0.05, 0.1) is 18.4 Å². The van der Waals surface area contributed by atoms with Crippen LogP contribution in [0.1, 0.15) is 35.3 Å². The number of ketones is 1. The lowest BCUT2D eigenvalue weighted by atomic mass is 9.90. The largest absolute Gasteiger partial charge is 0.469 e. The standard InChI is InChI=1S/C12H16O3S/c1-12(2,3)11(14)9-6-5-8(16-9)7-10(13)15-4/h5-6H,7H2,1-4H3. The molecule has 3 nitrogen and oxygen atoms in total. The van der Waals surface area contributed by atoms with Crippen LogP contribution in [0.25, 0.3) is 0 Å². The maximum Gasteiger partial charge on any atom is 0.310 e. The molecule has 0 atom stereocenters. The topological polar surface area (TPSA) is 43.4 Å². The zero-order valence-corrected chi connectivity index (χ0v) is 10.8. The van der Waals surface area contributed by atoms with Gasteiger partial charge in [0.25, 0.3) is 0 Å². The minimum absolute atomic E-state index is 0.105. The van der Waals surface area contributed by atoms with Crippen molar-refractivity contribution < 1.29 is 14.3 Å². The predicted molar refractivity (Wildman–Crippen MR) is 63.8 cm³/mol. The van der Waals surface area contributed by atoms with Gasteiger partial charge in [0, 0.05) is 10.3 Å². The average Bonchev–Trinajstić information content (AvgIpc) is 2.63. The molecule has 0 aliphatic heterocycles. The summed E-state index contributed by atoms with van der Waals surface area (Å²) in [7, 11) is 1.36. The first-order valence-corrected chi connectivity index (χ1v) is 5.86. The molecule has 88 valence electrons. The second-order valence-electron chi connectivity index (χ2n) is 4.60. The Morgan fingerprint density at radius 2 is 1.94 bits per heavy atom. The molecule has 0 amide bonds. The van der Waals surface area contributed by atoms with Gasteiger partial charge >= 0.3 is 5.97 Å². The van der Waals surface area contributed by atoms with Crippen LogP contribution >= 0.6 is 11.3 Å². The van der Waals surface area contributed by atoms with Crippen LogP contribution < -0.4 is 0 Å². The van der Waals surface area contributed by atoms with Gasteiger partial charge in [-0.3, -0.25) is 9.59 Å². The summed E-state index contributed by atoms with van der Waals surface area (Å²) in [5, 5.41) is 0. The number of hydrogen-bond acceptors (Lipinski definition) is 4. The Morgan fingerprint density at radius 1 is 1.31 bits per heavy atom. The summed E-state index contributed by atoms with van der Waals surface area (Å²) in [6, 6.07) is 3.58. The van der Waals surface area contributed by atoms with E-state index in [0.29, 0.717) is 4.88 Å². The number of carbonyl (C=O) groups excluding carboxylic acids is 2. The first-order valence-electron chi connectivity index (χ1n) is 5.05. The van der Waals surface area contributed by atoms with E-state index in [2.05, 4.69) is 4.74 Å². The van der Waals surface area contributed by atoms with Crippen LogP contribution in [0.15, 0.2) is 12.1 Å². The quantitative estimate of drug-likeness (QED) is 0.602. The van der Waals surface area contributed by atoms with Gasteiger partial charge in [-0.05, 0) is 12.1 Å².